The number of thiophene rings is 1. The second-order valence-corrected chi connectivity index (χ2v) is 8.87. The van der Waals surface area contributed by atoms with Crippen molar-refractivity contribution in [3.8, 4) is 11.3 Å². The van der Waals surface area contributed by atoms with Crippen LogP contribution in [0.3, 0.4) is 0 Å². The van der Waals surface area contributed by atoms with Gasteiger partial charge in [0, 0.05) is 17.0 Å². The number of carbonyl (C=O) groups excluding carboxylic acids is 1. The number of furan rings is 1. The predicted molar refractivity (Wildman–Crippen MR) is 109 cm³/mol. The van der Waals surface area contributed by atoms with Crippen LogP contribution in [0.1, 0.15) is 18.7 Å². The summed E-state index contributed by atoms with van der Waals surface area (Å²) in [4.78, 5) is 35.8. The van der Waals surface area contributed by atoms with Crippen molar-refractivity contribution in [1.29, 1.82) is 0 Å². The lowest BCUT2D eigenvalue weighted by atomic mass is 10.2. The number of amides is 1. The van der Waals surface area contributed by atoms with Crippen LogP contribution in [0.15, 0.2) is 33.0 Å². The Balaban J connectivity index is 1.22. The van der Waals surface area contributed by atoms with Crippen molar-refractivity contribution < 1.29 is 19.0 Å². The van der Waals surface area contributed by atoms with Crippen molar-refractivity contribution in [2.24, 2.45) is 0 Å². The van der Waals surface area contributed by atoms with E-state index in [2.05, 4.69) is 10.3 Å². The molecule has 1 saturated heterocycles. The van der Waals surface area contributed by atoms with E-state index >= 15 is 0 Å². The Hall–Kier alpha value is -2.49. The molecule has 1 aliphatic carbocycles. The Morgan fingerprint density at radius 2 is 2.07 bits per heavy atom. The largest absolute Gasteiger partial charge is 0.464 e. The summed E-state index contributed by atoms with van der Waals surface area (Å²) in [5.41, 5.74) is 0.683. The van der Waals surface area contributed by atoms with Crippen LogP contribution in [0.4, 0.5) is 0 Å². The SMILES string of the molecule is O=C(C[NH+]1CC[NH+](Cc2nc3scc(-c4ccco4)c3c(=O)[nH]2)CC1)NC1CC1. The molecular formula is C20H25N5O3S+2. The highest BCUT2D eigenvalue weighted by atomic mass is 32.1. The Labute approximate surface area is 171 Å². The number of nitrogens with zero attached hydrogens (tertiary/aromatic N) is 1. The van der Waals surface area contributed by atoms with Crippen LogP contribution in [0, 0.1) is 0 Å². The molecular weight excluding hydrogens is 390 g/mol. The van der Waals surface area contributed by atoms with Crippen LogP contribution in [-0.4, -0.2) is 54.6 Å². The molecule has 1 saturated carbocycles. The molecule has 3 aromatic heterocycles. The number of aromatic amines is 1. The van der Waals surface area contributed by atoms with Gasteiger partial charge in [0.15, 0.2) is 12.4 Å². The average Bonchev–Trinajstić information content (AvgIpc) is 3.18. The fourth-order valence-corrected chi connectivity index (χ4v) is 4.92. The third-order valence-electron chi connectivity index (χ3n) is 5.71. The molecule has 2 fully saturated rings. The number of carbonyl (C=O) groups is 1. The first kappa shape index (κ1) is 18.5. The minimum absolute atomic E-state index is 0.113. The third-order valence-corrected chi connectivity index (χ3v) is 6.59. The van der Waals surface area contributed by atoms with Gasteiger partial charge in [0.2, 0.25) is 0 Å². The van der Waals surface area contributed by atoms with Gasteiger partial charge in [0.1, 0.15) is 43.3 Å². The second-order valence-electron chi connectivity index (χ2n) is 8.01. The summed E-state index contributed by atoms with van der Waals surface area (Å²) >= 11 is 1.47. The maximum Gasteiger partial charge on any atom is 0.275 e. The van der Waals surface area contributed by atoms with Gasteiger partial charge in [-0.15, -0.1) is 11.3 Å². The summed E-state index contributed by atoms with van der Waals surface area (Å²) in [6.07, 6.45) is 3.86. The summed E-state index contributed by atoms with van der Waals surface area (Å²) in [7, 11) is 0. The molecule has 0 radical (unpaired) electrons. The molecule has 0 atom stereocenters. The van der Waals surface area contributed by atoms with Gasteiger partial charge >= 0.3 is 0 Å². The van der Waals surface area contributed by atoms with Crippen molar-refractivity contribution in [3.05, 3.63) is 40.0 Å². The molecule has 4 N–H and O–H groups in total. The Kier molecular flexibility index (Phi) is 4.94. The first-order valence-electron chi connectivity index (χ1n) is 10.2. The molecule has 2 aliphatic rings. The molecule has 0 aromatic carbocycles. The maximum absolute atomic E-state index is 12.7. The molecule has 29 heavy (non-hydrogen) atoms. The highest BCUT2D eigenvalue weighted by Gasteiger charge is 2.28. The van der Waals surface area contributed by atoms with E-state index < -0.39 is 0 Å². The number of hydrogen-bond donors (Lipinski definition) is 4. The first-order chi connectivity index (χ1) is 14.2. The summed E-state index contributed by atoms with van der Waals surface area (Å²) in [6, 6.07) is 4.10. The topological polar surface area (TPSA) is 96.9 Å². The maximum atomic E-state index is 12.7. The number of aromatic nitrogens is 2. The molecule has 0 spiro atoms. The van der Waals surface area contributed by atoms with E-state index in [-0.39, 0.29) is 11.5 Å². The number of quaternary nitrogens is 2. The van der Waals surface area contributed by atoms with Gasteiger partial charge in [-0.1, -0.05) is 0 Å². The zero-order valence-corrected chi connectivity index (χ0v) is 16.9. The van der Waals surface area contributed by atoms with Crippen LogP contribution >= 0.6 is 11.3 Å². The molecule has 9 heteroatoms. The smallest absolute Gasteiger partial charge is 0.275 e. The quantitative estimate of drug-likeness (QED) is 0.407. The summed E-state index contributed by atoms with van der Waals surface area (Å²) in [6.45, 7) is 5.12. The molecule has 4 heterocycles. The second kappa shape index (κ2) is 7.74. The Bertz CT molecular complexity index is 1060. The van der Waals surface area contributed by atoms with E-state index in [1.807, 2.05) is 17.5 Å². The predicted octanol–water partition coefficient (Wildman–Crippen LogP) is -1.19. The zero-order chi connectivity index (χ0) is 19.8. The molecule has 3 aromatic rings. The van der Waals surface area contributed by atoms with E-state index in [9.17, 15) is 9.59 Å². The lowest BCUT2D eigenvalue weighted by Crippen LogP contribution is -3.28. The molecule has 0 unspecified atom stereocenters. The molecule has 1 amide bonds. The van der Waals surface area contributed by atoms with E-state index in [1.54, 1.807) is 6.26 Å². The van der Waals surface area contributed by atoms with E-state index in [4.69, 9.17) is 9.40 Å². The first-order valence-corrected chi connectivity index (χ1v) is 11.0. The number of hydrogen-bond acceptors (Lipinski definition) is 5. The number of H-pyrrole nitrogens is 1. The van der Waals surface area contributed by atoms with E-state index in [0.29, 0.717) is 30.3 Å². The number of piperazine rings is 1. The van der Waals surface area contributed by atoms with Crippen molar-refractivity contribution in [2.45, 2.75) is 25.4 Å². The van der Waals surface area contributed by atoms with Crippen molar-refractivity contribution in [2.75, 3.05) is 32.7 Å². The van der Waals surface area contributed by atoms with E-state index in [1.165, 1.54) is 21.1 Å². The molecule has 8 nitrogen and oxygen atoms in total. The highest BCUT2D eigenvalue weighted by molar-refractivity contribution is 7.17. The van der Waals surface area contributed by atoms with Gasteiger partial charge < -0.3 is 24.5 Å². The van der Waals surface area contributed by atoms with Gasteiger partial charge in [-0.05, 0) is 25.0 Å². The fourth-order valence-electron chi connectivity index (χ4n) is 3.97. The highest BCUT2D eigenvalue weighted by Crippen LogP contribution is 2.30. The summed E-state index contributed by atoms with van der Waals surface area (Å²) in [5, 5.41) is 5.59. The van der Waals surface area contributed by atoms with Crippen molar-refractivity contribution in [3.63, 3.8) is 0 Å². The minimum atomic E-state index is -0.113. The van der Waals surface area contributed by atoms with Gasteiger partial charge in [-0.25, -0.2) is 4.98 Å². The molecule has 152 valence electrons. The minimum Gasteiger partial charge on any atom is -0.464 e. The van der Waals surface area contributed by atoms with Crippen LogP contribution in [0.25, 0.3) is 21.5 Å². The molecule has 0 bridgehead atoms. The van der Waals surface area contributed by atoms with Gasteiger partial charge in [-0.2, -0.15) is 0 Å². The molecule has 5 rings (SSSR count). The van der Waals surface area contributed by atoms with Crippen LogP contribution in [0.5, 0.6) is 0 Å². The van der Waals surface area contributed by atoms with Crippen LogP contribution < -0.4 is 20.7 Å². The van der Waals surface area contributed by atoms with Crippen molar-refractivity contribution in [1.82, 2.24) is 15.3 Å². The van der Waals surface area contributed by atoms with Crippen LogP contribution in [-0.2, 0) is 11.3 Å². The lowest BCUT2D eigenvalue weighted by molar-refractivity contribution is -1.02. The average molecular weight is 416 g/mol. The fraction of sp³-hybridized carbons (Fsp3) is 0.450. The van der Waals surface area contributed by atoms with Gasteiger partial charge in [0.05, 0.1) is 11.6 Å². The lowest BCUT2D eigenvalue weighted by Gasteiger charge is -2.29. The summed E-state index contributed by atoms with van der Waals surface area (Å²) < 4.78 is 5.45. The van der Waals surface area contributed by atoms with Crippen LogP contribution in [0.2, 0.25) is 0 Å². The van der Waals surface area contributed by atoms with Crippen molar-refractivity contribution >= 4 is 27.5 Å². The number of rotatable bonds is 6. The zero-order valence-electron chi connectivity index (χ0n) is 16.1. The van der Waals surface area contributed by atoms with E-state index in [0.717, 1.165) is 55.2 Å². The number of fused-ring (bicyclic) bond motifs is 1. The Morgan fingerprint density at radius 1 is 1.28 bits per heavy atom. The standard InChI is InChI=1S/C20H23N5O3S/c26-17(21-13-3-4-13)11-25-7-5-24(6-8-25)10-16-22-19(27)18-14(12-29-20(18)23-16)15-2-1-9-28-15/h1-2,9,12-13H,3-8,10-11H2,(H,21,26)(H,22,23,27)/p+2. The third kappa shape index (κ3) is 4.12. The Morgan fingerprint density at radius 3 is 2.79 bits per heavy atom. The van der Waals surface area contributed by atoms with Gasteiger partial charge in [-0.3, -0.25) is 9.59 Å². The number of nitrogens with one attached hydrogen (secondary N) is 4. The molecule has 1 aliphatic heterocycles. The van der Waals surface area contributed by atoms with Gasteiger partial charge in [0.25, 0.3) is 11.5 Å². The monoisotopic (exact) mass is 415 g/mol. The normalized spacial score (nSPS) is 22.1. The summed E-state index contributed by atoms with van der Waals surface area (Å²) in [5.74, 6) is 1.58.